The van der Waals surface area contributed by atoms with Crippen molar-refractivity contribution in [2.75, 3.05) is 18.5 Å². The van der Waals surface area contributed by atoms with Gasteiger partial charge < -0.3 is 18.8 Å². The van der Waals surface area contributed by atoms with E-state index in [2.05, 4.69) is 23.5 Å². The second kappa shape index (κ2) is 13.5. The molecule has 4 aromatic carbocycles. The molecule has 0 spiro atoms. The molecule has 1 N–H and O–H groups in total. The van der Waals surface area contributed by atoms with E-state index in [9.17, 15) is 9.36 Å². The van der Waals surface area contributed by atoms with Gasteiger partial charge in [-0.15, -0.1) is 0 Å². The molecule has 7 nitrogen and oxygen atoms in total. The summed E-state index contributed by atoms with van der Waals surface area (Å²) in [5, 5.41) is 5.78. The van der Waals surface area contributed by atoms with Crippen LogP contribution < -0.4 is 5.32 Å². The molecule has 1 heterocycles. The van der Waals surface area contributed by atoms with Crippen LogP contribution in [0.25, 0.3) is 33.5 Å². The average Bonchev–Trinajstić information content (AvgIpc) is 3.42. The molecule has 0 saturated carbocycles. The fraction of sp³-hybridized carbons (Fsp3) is 0.212. The van der Waals surface area contributed by atoms with Crippen LogP contribution >= 0.6 is 19.2 Å². The number of halogens is 1. The van der Waals surface area contributed by atoms with E-state index in [-0.39, 0.29) is 18.5 Å². The summed E-state index contributed by atoms with van der Waals surface area (Å²) in [6.45, 7) is 4.18. The van der Waals surface area contributed by atoms with Gasteiger partial charge in [0.1, 0.15) is 11.5 Å². The molecule has 216 valence electrons. The molecule has 0 saturated heterocycles. The standard InChI is InChI=1S/C33H32ClN2O5P/c1-3-39-42(38,40-4-2)22-23-9-17-29(18-10-23)35-31(37)20-19-30-32(25-13-15-28(34)16-14-25)36-33(41-30)27-12-11-24-7-5-6-8-26(24)21-27/h5-18,21H,3-4,19-20,22H2,1-2H3,(H,35,37). The number of aromatic nitrogens is 1. The Hall–Kier alpha value is -3.74. The van der Waals surface area contributed by atoms with E-state index in [4.69, 9.17) is 30.0 Å². The van der Waals surface area contributed by atoms with Gasteiger partial charge in [-0.25, -0.2) is 4.98 Å². The Morgan fingerprint density at radius 3 is 2.24 bits per heavy atom. The molecule has 5 aromatic rings. The lowest BCUT2D eigenvalue weighted by molar-refractivity contribution is -0.116. The van der Waals surface area contributed by atoms with Crippen molar-refractivity contribution in [3.05, 3.63) is 107 Å². The molecule has 42 heavy (non-hydrogen) atoms. The Bertz CT molecular complexity index is 1710. The zero-order valence-electron chi connectivity index (χ0n) is 23.5. The highest BCUT2D eigenvalue weighted by atomic mass is 35.5. The van der Waals surface area contributed by atoms with Crippen molar-refractivity contribution in [1.29, 1.82) is 0 Å². The second-order valence-electron chi connectivity index (χ2n) is 9.71. The van der Waals surface area contributed by atoms with E-state index in [1.807, 2.05) is 60.7 Å². The highest BCUT2D eigenvalue weighted by Gasteiger charge is 2.24. The van der Waals surface area contributed by atoms with Crippen molar-refractivity contribution < 1.29 is 22.8 Å². The predicted octanol–water partition coefficient (Wildman–Crippen LogP) is 9.15. The van der Waals surface area contributed by atoms with Gasteiger partial charge in [0.2, 0.25) is 11.8 Å². The van der Waals surface area contributed by atoms with Crippen LogP contribution in [0.4, 0.5) is 5.69 Å². The molecular formula is C33H32ClN2O5P. The minimum Gasteiger partial charge on any atom is -0.440 e. The minimum atomic E-state index is -3.21. The molecule has 1 amide bonds. The van der Waals surface area contributed by atoms with Gasteiger partial charge in [-0.05, 0) is 66.6 Å². The van der Waals surface area contributed by atoms with Crippen molar-refractivity contribution in [3.8, 4) is 22.7 Å². The summed E-state index contributed by atoms with van der Waals surface area (Å²) in [5.41, 5.74) is 3.84. The van der Waals surface area contributed by atoms with Crippen molar-refractivity contribution in [2.45, 2.75) is 32.9 Å². The summed E-state index contributed by atoms with van der Waals surface area (Å²) in [7, 11) is -3.21. The number of oxazole rings is 1. The third-order valence-electron chi connectivity index (χ3n) is 6.66. The van der Waals surface area contributed by atoms with Gasteiger partial charge in [0.25, 0.3) is 0 Å². The number of carbonyl (C=O) groups excluding carboxylic acids is 1. The number of fused-ring (bicyclic) bond motifs is 1. The number of hydrogen-bond donors (Lipinski definition) is 1. The summed E-state index contributed by atoms with van der Waals surface area (Å²) in [6.07, 6.45) is 0.717. The Morgan fingerprint density at radius 1 is 0.881 bits per heavy atom. The van der Waals surface area contributed by atoms with Gasteiger partial charge in [0, 0.05) is 34.7 Å². The van der Waals surface area contributed by atoms with Gasteiger partial charge in [-0.2, -0.15) is 0 Å². The van der Waals surface area contributed by atoms with E-state index < -0.39 is 7.60 Å². The van der Waals surface area contributed by atoms with Crippen LogP contribution in [-0.4, -0.2) is 24.1 Å². The maximum Gasteiger partial charge on any atom is 0.335 e. The molecule has 0 aliphatic rings. The third kappa shape index (κ3) is 7.36. The molecule has 1 aromatic heterocycles. The fourth-order valence-corrected chi connectivity index (χ4v) is 6.52. The number of nitrogens with zero attached hydrogens (tertiary/aromatic N) is 1. The summed E-state index contributed by atoms with van der Waals surface area (Å²) in [5.74, 6) is 0.949. The number of carbonyl (C=O) groups is 1. The summed E-state index contributed by atoms with van der Waals surface area (Å²) < 4.78 is 29.9. The lowest BCUT2D eigenvalue weighted by Crippen LogP contribution is -2.12. The van der Waals surface area contributed by atoms with Crippen LogP contribution in [0.3, 0.4) is 0 Å². The van der Waals surface area contributed by atoms with Crippen LogP contribution in [0.2, 0.25) is 5.02 Å². The van der Waals surface area contributed by atoms with Crippen LogP contribution in [-0.2, 0) is 31.0 Å². The topological polar surface area (TPSA) is 90.7 Å². The molecule has 5 rings (SSSR count). The van der Waals surface area contributed by atoms with Crippen LogP contribution in [0.1, 0.15) is 31.6 Å². The van der Waals surface area contributed by atoms with Crippen molar-refractivity contribution in [1.82, 2.24) is 4.98 Å². The first-order valence-electron chi connectivity index (χ1n) is 13.9. The monoisotopic (exact) mass is 602 g/mol. The molecule has 0 unspecified atom stereocenters. The van der Waals surface area contributed by atoms with E-state index in [0.717, 1.165) is 27.5 Å². The SMILES string of the molecule is CCOP(=O)(Cc1ccc(NC(=O)CCc2oc(-c3ccc4ccccc4c3)nc2-c2ccc(Cl)cc2)cc1)OCC. The maximum atomic E-state index is 12.9. The first-order chi connectivity index (χ1) is 20.4. The number of benzene rings is 4. The molecular weight excluding hydrogens is 571 g/mol. The largest absolute Gasteiger partial charge is 0.440 e. The summed E-state index contributed by atoms with van der Waals surface area (Å²) in [6, 6.07) is 28.8. The number of aryl methyl sites for hydroxylation is 1. The molecule has 0 aliphatic carbocycles. The average molecular weight is 603 g/mol. The Labute approximate surface area is 250 Å². The van der Waals surface area contributed by atoms with E-state index in [0.29, 0.717) is 47.7 Å². The van der Waals surface area contributed by atoms with E-state index in [1.54, 1.807) is 26.0 Å². The van der Waals surface area contributed by atoms with Gasteiger partial charge >= 0.3 is 7.60 Å². The highest BCUT2D eigenvalue weighted by Crippen LogP contribution is 2.51. The number of nitrogens with one attached hydrogen (secondary N) is 1. The van der Waals surface area contributed by atoms with Crippen LogP contribution in [0.15, 0.2) is 95.4 Å². The van der Waals surface area contributed by atoms with Gasteiger partial charge in [-0.1, -0.05) is 66.2 Å². The zero-order chi connectivity index (χ0) is 29.5. The normalized spacial score (nSPS) is 11.6. The zero-order valence-corrected chi connectivity index (χ0v) is 25.2. The maximum absolute atomic E-state index is 12.9. The quantitative estimate of drug-likeness (QED) is 0.143. The lowest BCUT2D eigenvalue weighted by Gasteiger charge is -2.17. The molecule has 0 aliphatic heterocycles. The number of hydrogen-bond acceptors (Lipinski definition) is 6. The Balaban J connectivity index is 1.30. The van der Waals surface area contributed by atoms with Crippen molar-refractivity contribution >= 4 is 41.6 Å². The molecule has 0 radical (unpaired) electrons. The third-order valence-corrected chi connectivity index (χ3v) is 8.96. The molecule has 0 fully saturated rings. The summed E-state index contributed by atoms with van der Waals surface area (Å²) >= 11 is 6.12. The van der Waals surface area contributed by atoms with E-state index >= 15 is 0 Å². The van der Waals surface area contributed by atoms with Gasteiger partial charge in [0.05, 0.1) is 19.4 Å². The van der Waals surface area contributed by atoms with Crippen molar-refractivity contribution in [2.24, 2.45) is 0 Å². The first kappa shape index (κ1) is 29.7. The fourth-order valence-electron chi connectivity index (χ4n) is 4.69. The number of amides is 1. The summed E-state index contributed by atoms with van der Waals surface area (Å²) in [4.78, 5) is 17.7. The van der Waals surface area contributed by atoms with Crippen molar-refractivity contribution in [3.63, 3.8) is 0 Å². The minimum absolute atomic E-state index is 0.164. The lowest BCUT2D eigenvalue weighted by atomic mass is 10.1. The second-order valence-corrected chi connectivity index (χ2v) is 12.2. The van der Waals surface area contributed by atoms with E-state index in [1.165, 1.54) is 0 Å². The molecule has 0 bridgehead atoms. The van der Waals surface area contributed by atoms with Gasteiger partial charge in [-0.3, -0.25) is 9.36 Å². The highest BCUT2D eigenvalue weighted by molar-refractivity contribution is 7.53. The first-order valence-corrected chi connectivity index (χ1v) is 16.0. The van der Waals surface area contributed by atoms with Gasteiger partial charge in [0.15, 0.2) is 0 Å². The van der Waals surface area contributed by atoms with Crippen LogP contribution in [0.5, 0.6) is 0 Å². The molecule has 0 atom stereocenters. The Morgan fingerprint density at radius 2 is 1.55 bits per heavy atom. The number of rotatable bonds is 12. The molecule has 9 heteroatoms. The van der Waals surface area contributed by atoms with Crippen LogP contribution in [0, 0.1) is 0 Å². The predicted molar refractivity (Wildman–Crippen MR) is 168 cm³/mol. The number of anilines is 1. The Kier molecular flexibility index (Phi) is 9.55. The smallest absolute Gasteiger partial charge is 0.335 e.